The van der Waals surface area contributed by atoms with Crippen molar-refractivity contribution in [3.63, 3.8) is 0 Å². The van der Waals surface area contributed by atoms with E-state index in [9.17, 15) is 13.2 Å². The van der Waals surface area contributed by atoms with Crippen molar-refractivity contribution >= 4 is 16.2 Å². The van der Waals surface area contributed by atoms with Gasteiger partial charge in [-0.1, -0.05) is 0 Å². The molecule has 3 saturated heterocycles. The summed E-state index contributed by atoms with van der Waals surface area (Å²) in [5.74, 6) is -1.49. The Bertz CT molecular complexity index is 519. The fourth-order valence-electron chi connectivity index (χ4n) is 3.79. The minimum atomic E-state index is -3.55. The predicted octanol–water partition coefficient (Wildman–Crippen LogP) is 0.673. The lowest BCUT2D eigenvalue weighted by atomic mass is 9.90. The van der Waals surface area contributed by atoms with Crippen LogP contribution in [0.2, 0.25) is 0 Å². The highest BCUT2D eigenvalue weighted by atomic mass is 32.2. The lowest BCUT2D eigenvalue weighted by Crippen LogP contribution is -2.53. The van der Waals surface area contributed by atoms with Crippen LogP contribution in [0.1, 0.15) is 38.5 Å². The number of carboxylic acid groups (broad SMARTS) is 1. The van der Waals surface area contributed by atoms with E-state index in [4.69, 9.17) is 9.84 Å². The monoisotopic (exact) mass is 332 g/mol. The Morgan fingerprint density at radius 2 is 1.82 bits per heavy atom. The normalized spacial score (nSPS) is 30.6. The van der Waals surface area contributed by atoms with Gasteiger partial charge in [0.1, 0.15) is 0 Å². The Balaban J connectivity index is 1.64. The third kappa shape index (κ3) is 3.02. The fourth-order valence-corrected chi connectivity index (χ4v) is 5.49. The Hall–Kier alpha value is -0.700. The van der Waals surface area contributed by atoms with Crippen molar-refractivity contribution in [1.29, 1.82) is 0 Å². The zero-order valence-electron chi connectivity index (χ0n) is 12.7. The van der Waals surface area contributed by atoms with Crippen LogP contribution < -0.4 is 0 Å². The molecular formula is C14H24N2O5S. The number of hydrogen-bond donors (Lipinski definition) is 1. The van der Waals surface area contributed by atoms with E-state index < -0.39 is 22.1 Å². The Morgan fingerprint density at radius 1 is 1.09 bits per heavy atom. The number of aliphatic carboxylic acids is 1. The van der Waals surface area contributed by atoms with Crippen LogP contribution in [0.4, 0.5) is 0 Å². The van der Waals surface area contributed by atoms with E-state index in [-0.39, 0.29) is 12.1 Å². The van der Waals surface area contributed by atoms with Gasteiger partial charge < -0.3 is 9.84 Å². The first-order valence-corrected chi connectivity index (χ1v) is 9.45. The Morgan fingerprint density at radius 3 is 2.41 bits per heavy atom. The summed E-state index contributed by atoms with van der Waals surface area (Å²) in [6.07, 6.45) is 4.71. The standard InChI is InChI=1S/C14H24N2O5S/c17-13(18)12-3-1-7-16(11-12)22(19,20)15-8-5-14(6-9-15)4-2-10-21-14/h12H,1-11H2,(H,17,18). The van der Waals surface area contributed by atoms with Crippen LogP contribution in [0.3, 0.4) is 0 Å². The summed E-state index contributed by atoms with van der Waals surface area (Å²) >= 11 is 0. The van der Waals surface area contributed by atoms with Gasteiger partial charge in [0, 0.05) is 32.8 Å². The molecule has 0 aromatic carbocycles. The van der Waals surface area contributed by atoms with Crippen LogP contribution in [-0.2, 0) is 19.7 Å². The molecule has 3 fully saturated rings. The van der Waals surface area contributed by atoms with Gasteiger partial charge in [-0.25, -0.2) is 0 Å². The van der Waals surface area contributed by atoms with Gasteiger partial charge in [-0.05, 0) is 38.5 Å². The second-order valence-electron chi connectivity index (χ2n) is 6.58. The summed E-state index contributed by atoms with van der Waals surface area (Å²) in [5.41, 5.74) is -0.114. The summed E-state index contributed by atoms with van der Waals surface area (Å²) in [4.78, 5) is 11.1. The molecule has 22 heavy (non-hydrogen) atoms. The minimum absolute atomic E-state index is 0.0931. The Labute approximate surface area is 131 Å². The summed E-state index contributed by atoms with van der Waals surface area (Å²) < 4.78 is 34.1. The zero-order chi connectivity index (χ0) is 15.8. The van der Waals surface area contributed by atoms with Gasteiger partial charge in [0.15, 0.2) is 0 Å². The van der Waals surface area contributed by atoms with Crippen molar-refractivity contribution in [1.82, 2.24) is 8.61 Å². The second kappa shape index (κ2) is 6.07. The Kier molecular flexibility index (Phi) is 4.46. The summed E-state index contributed by atoms with van der Waals surface area (Å²) in [6.45, 7) is 2.23. The van der Waals surface area contributed by atoms with E-state index in [1.807, 2.05) is 0 Å². The van der Waals surface area contributed by atoms with Gasteiger partial charge in [0.05, 0.1) is 11.5 Å². The molecule has 0 radical (unpaired) electrons. The number of carboxylic acids is 1. The van der Waals surface area contributed by atoms with Crippen molar-refractivity contribution < 1.29 is 23.1 Å². The number of carbonyl (C=O) groups is 1. The van der Waals surface area contributed by atoms with Gasteiger partial charge in [0.25, 0.3) is 10.2 Å². The van der Waals surface area contributed by atoms with Crippen molar-refractivity contribution in [2.75, 3.05) is 32.8 Å². The number of piperidine rings is 2. The highest BCUT2D eigenvalue weighted by molar-refractivity contribution is 7.86. The number of rotatable bonds is 3. The van der Waals surface area contributed by atoms with E-state index in [1.54, 1.807) is 0 Å². The lowest BCUT2D eigenvalue weighted by molar-refractivity contribution is -0.142. The molecule has 7 nitrogen and oxygen atoms in total. The van der Waals surface area contributed by atoms with Gasteiger partial charge in [0.2, 0.25) is 0 Å². The molecule has 3 heterocycles. The van der Waals surface area contributed by atoms with Crippen LogP contribution in [0, 0.1) is 5.92 Å². The first-order valence-electron chi connectivity index (χ1n) is 8.05. The van der Waals surface area contributed by atoms with Crippen molar-refractivity contribution in [2.45, 2.75) is 44.1 Å². The second-order valence-corrected chi connectivity index (χ2v) is 8.51. The van der Waals surface area contributed by atoms with Gasteiger partial charge in [-0.2, -0.15) is 17.0 Å². The average molecular weight is 332 g/mol. The van der Waals surface area contributed by atoms with E-state index >= 15 is 0 Å². The average Bonchev–Trinajstić information content (AvgIpc) is 2.96. The first-order chi connectivity index (χ1) is 10.4. The molecule has 1 unspecified atom stereocenters. The van der Waals surface area contributed by atoms with Crippen molar-refractivity contribution in [3.8, 4) is 0 Å². The summed E-state index contributed by atoms with van der Waals surface area (Å²) in [6, 6.07) is 0. The lowest BCUT2D eigenvalue weighted by Gasteiger charge is -2.40. The van der Waals surface area contributed by atoms with E-state index in [2.05, 4.69) is 0 Å². The SMILES string of the molecule is O=C(O)C1CCCN(S(=O)(=O)N2CCC3(CCCO3)CC2)C1. The maximum atomic E-state index is 12.7. The molecule has 3 rings (SSSR count). The van der Waals surface area contributed by atoms with E-state index in [0.717, 1.165) is 32.3 Å². The molecule has 3 aliphatic rings. The fraction of sp³-hybridized carbons (Fsp3) is 0.929. The molecular weight excluding hydrogens is 308 g/mol. The van der Waals surface area contributed by atoms with E-state index in [1.165, 1.54) is 8.61 Å². The van der Waals surface area contributed by atoms with Crippen LogP contribution in [-0.4, -0.2) is 66.5 Å². The molecule has 0 saturated carbocycles. The predicted molar refractivity (Wildman–Crippen MR) is 79.6 cm³/mol. The van der Waals surface area contributed by atoms with Crippen molar-refractivity contribution in [2.24, 2.45) is 5.92 Å². The maximum absolute atomic E-state index is 12.7. The number of hydrogen-bond acceptors (Lipinski definition) is 4. The first kappa shape index (κ1) is 16.2. The molecule has 0 bridgehead atoms. The van der Waals surface area contributed by atoms with Crippen molar-refractivity contribution in [3.05, 3.63) is 0 Å². The third-order valence-electron chi connectivity index (χ3n) is 5.20. The molecule has 1 spiro atoms. The smallest absolute Gasteiger partial charge is 0.307 e. The van der Waals surface area contributed by atoms with Crippen LogP contribution in [0.15, 0.2) is 0 Å². The number of ether oxygens (including phenoxy) is 1. The van der Waals surface area contributed by atoms with Crippen LogP contribution in [0.5, 0.6) is 0 Å². The van der Waals surface area contributed by atoms with Gasteiger partial charge in [-0.3, -0.25) is 4.79 Å². The molecule has 8 heteroatoms. The quantitative estimate of drug-likeness (QED) is 0.821. The summed E-state index contributed by atoms with van der Waals surface area (Å²) in [7, 11) is -3.55. The summed E-state index contributed by atoms with van der Waals surface area (Å²) in [5, 5.41) is 9.12. The zero-order valence-corrected chi connectivity index (χ0v) is 13.6. The van der Waals surface area contributed by atoms with Gasteiger partial charge >= 0.3 is 5.97 Å². The molecule has 0 aliphatic carbocycles. The van der Waals surface area contributed by atoms with E-state index in [0.29, 0.717) is 32.5 Å². The molecule has 126 valence electrons. The maximum Gasteiger partial charge on any atom is 0.307 e. The topological polar surface area (TPSA) is 87.2 Å². The largest absolute Gasteiger partial charge is 0.481 e. The molecule has 1 N–H and O–H groups in total. The molecule has 1 atom stereocenters. The van der Waals surface area contributed by atoms with Gasteiger partial charge in [-0.15, -0.1) is 0 Å². The molecule has 0 aromatic heterocycles. The minimum Gasteiger partial charge on any atom is -0.481 e. The molecule has 0 amide bonds. The highest BCUT2D eigenvalue weighted by Crippen LogP contribution is 2.36. The molecule has 3 aliphatic heterocycles. The third-order valence-corrected chi connectivity index (χ3v) is 7.21. The van der Waals surface area contributed by atoms with Crippen LogP contribution >= 0.6 is 0 Å². The number of nitrogens with zero attached hydrogens (tertiary/aromatic N) is 2. The highest BCUT2D eigenvalue weighted by Gasteiger charge is 2.43. The van der Waals surface area contributed by atoms with Crippen LogP contribution in [0.25, 0.3) is 0 Å². The molecule has 0 aromatic rings.